The Morgan fingerprint density at radius 3 is 1.31 bits per heavy atom. The van der Waals surface area contributed by atoms with Gasteiger partial charge in [-0.25, -0.2) is 0 Å². The zero-order valence-electron chi connectivity index (χ0n) is 13.9. The van der Waals surface area contributed by atoms with Gasteiger partial charge >= 0.3 is 11.9 Å². The standard InChI is InChI=1S/C19H18O5S2/c20-17(9-11-25)23-15-5-1-13(2-6-15)19(22)14-3-7-16(8-4-14)24-18(21)10-12-26/h1-8,25-26H,9-12H2. The molecule has 0 unspecified atom stereocenters. The molecule has 5 nitrogen and oxygen atoms in total. The van der Waals surface area contributed by atoms with Crippen LogP contribution < -0.4 is 9.47 Å². The molecule has 0 bridgehead atoms. The molecule has 0 fully saturated rings. The zero-order valence-corrected chi connectivity index (χ0v) is 15.7. The molecule has 2 aromatic carbocycles. The number of carbonyl (C=O) groups excluding carboxylic acids is 3. The van der Waals surface area contributed by atoms with E-state index in [0.29, 0.717) is 34.1 Å². The van der Waals surface area contributed by atoms with E-state index >= 15 is 0 Å². The summed E-state index contributed by atoms with van der Waals surface area (Å²) in [5, 5.41) is 0. The van der Waals surface area contributed by atoms with E-state index in [0.717, 1.165) is 0 Å². The molecule has 0 radical (unpaired) electrons. The van der Waals surface area contributed by atoms with Gasteiger partial charge < -0.3 is 9.47 Å². The van der Waals surface area contributed by atoms with Gasteiger partial charge in [-0.1, -0.05) is 0 Å². The Bertz CT molecular complexity index is 704. The van der Waals surface area contributed by atoms with Crippen molar-refractivity contribution >= 4 is 43.0 Å². The van der Waals surface area contributed by atoms with Gasteiger partial charge in [-0.3, -0.25) is 14.4 Å². The Morgan fingerprint density at radius 1 is 0.654 bits per heavy atom. The molecular weight excluding hydrogens is 372 g/mol. The van der Waals surface area contributed by atoms with Crippen molar-refractivity contribution in [1.82, 2.24) is 0 Å². The lowest BCUT2D eigenvalue weighted by molar-refractivity contribution is -0.134. The molecule has 0 aromatic heterocycles. The Hall–Kier alpha value is -2.25. The van der Waals surface area contributed by atoms with Gasteiger partial charge in [-0.15, -0.1) is 0 Å². The highest BCUT2D eigenvalue weighted by Crippen LogP contribution is 2.18. The fourth-order valence-electron chi connectivity index (χ4n) is 2.06. The van der Waals surface area contributed by atoms with Crippen LogP contribution in [0.1, 0.15) is 28.8 Å². The van der Waals surface area contributed by atoms with Crippen LogP contribution >= 0.6 is 25.3 Å². The second-order valence-electron chi connectivity index (χ2n) is 5.27. The highest BCUT2D eigenvalue weighted by atomic mass is 32.1. The predicted octanol–water partition coefficient (Wildman–Crippen LogP) is 3.37. The van der Waals surface area contributed by atoms with Crippen LogP contribution in [-0.2, 0) is 9.59 Å². The van der Waals surface area contributed by atoms with Gasteiger partial charge in [0.2, 0.25) is 0 Å². The molecule has 2 rings (SSSR count). The van der Waals surface area contributed by atoms with Crippen molar-refractivity contribution in [3.63, 3.8) is 0 Å². The zero-order chi connectivity index (χ0) is 18.9. The van der Waals surface area contributed by atoms with Crippen LogP contribution in [0.25, 0.3) is 0 Å². The summed E-state index contributed by atoms with van der Waals surface area (Å²) in [6.07, 6.45) is 0.434. The first-order chi connectivity index (χ1) is 12.5. The van der Waals surface area contributed by atoms with Crippen molar-refractivity contribution in [2.45, 2.75) is 12.8 Å². The maximum absolute atomic E-state index is 12.5. The minimum absolute atomic E-state index is 0.188. The Kier molecular flexibility index (Phi) is 7.74. The second-order valence-corrected chi connectivity index (χ2v) is 6.17. The minimum atomic E-state index is -0.373. The number of carbonyl (C=O) groups is 3. The number of ketones is 1. The van der Waals surface area contributed by atoms with Crippen molar-refractivity contribution in [2.24, 2.45) is 0 Å². The lowest BCUT2D eigenvalue weighted by Gasteiger charge is -2.06. The first-order valence-corrected chi connectivity index (χ1v) is 9.18. The van der Waals surface area contributed by atoms with E-state index < -0.39 is 0 Å². The number of thiol groups is 2. The third kappa shape index (κ3) is 5.93. The summed E-state index contributed by atoms with van der Waals surface area (Å²) in [5.41, 5.74) is 0.914. The average molecular weight is 390 g/mol. The Balaban J connectivity index is 2.02. The van der Waals surface area contributed by atoms with Crippen molar-refractivity contribution in [3.8, 4) is 11.5 Å². The molecule has 0 atom stereocenters. The van der Waals surface area contributed by atoms with Crippen LogP contribution in [0, 0.1) is 0 Å². The van der Waals surface area contributed by atoms with Gasteiger partial charge in [0.15, 0.2) is 5.78 Å². The summed E-state index contributed by atoms with van der Waals surface area (Å²) >= 11 is 7.94. The second kappa shape index (κ2) is 10.0. The molecule has 7 heteroatoms. The van der Waals surface area contributed by atoms with E-state index in [4.69, 9.17) is 9.47 Å². The normalized spacial score (nSPS) is 10.2. The van der Waals surface area contributed by atoms with Crippen LogP contribution in [0.15, 0.2) is 48.5 Å². The molecule has 0 saturated heterocycles. The topological polar surface area (TPSA) is 69.7 Å². The predicted molar refractivity (Wildman–Crippen MR) is 105 cm³/mol. The van der Waals surface area contributed by atoms with Gasteiger partial charge in [0.1, 0.15) is 11.5 Å². The summed E-state index contributed by atoms with van der Waals surface area (Å²) in [6, 6.07) is 12.6. The first kappa shape index (κ1) is 20.1. The van der Waals surface area contributed by atoms with Crippen LogP contribution in [-0.4, -0.2) is 29.2 Å². The third-order valence-corrected chi connectivity index (χ3v) is 3.78. The number of hydrogen-bond donors (Lipinski definition) is 2. The van der Waals surface area contributed by atoms with E-state index in [-0.39, 0.29) is 30.6 Å². The smallest absolute Gasteiger partial charge is 0.312 e. The highest BCUT2D eigenvalue weighted by Gasteiger charge is 2.11. The number of benzene rings is 2. The summed E-state index contributed by atoms with van der Waals surface area (Å²) in [7, 11) is 0. The van der Waals surface area contributed by atoms with Crippen LogP contribution in [0.3, 0.4) is 0 Å². The molecule has 0 saturated carbocycles. The van der Waals surface area contributed by atoms with Crippen molar-refractivity contribution in [2.75, 3.05) is 11.5 Å². The number of rotatable bonds is 8. The van der Waals surface area contributed by atoms with Crippen LogP contribution in [0.2, 0.25) is 0 Å². The molecule has 136 valence electrons. The molecule has 0 heterocycles. The molecule has 0 aliphatic heterocycles. The van der Waals surface area contributed by atoms with Gasteiger partial charge in [0, 0.05) is 22.6 Å². The summed E-state index contributed by atoms with van der Waals surface area (Å²) < 4.78 is 10.2. The SMILES string of the molecule is O=C(CCS)Oc1ccc(C(=O)c2ccc(OC(=O)CCS)cc2)cc1. The van der Waals surface area contributed by atoms with E-state index in [2.05, 4.69) is 25.3 Å². The number of hydrogen-bond acceptors (Lipinski definition) is 7. The summed E-state index contributed by atoms with van der Waals surface area (Å²) in [6.45, 7) is 0. The highest BCUT2D eigenvalue weighted by molar-refractivity contribution is 7.80. The molecule has 26 heavy (non-hydrogen) atoms. The van der Waals surface area contributed by atoms with Gasteiger partial charge in [0.05, 0.1) is 12.8 Å². The molecular formula is C19H18O5S2. The fraction of sp³-hybridized carbons (Fsp3) is 0.211. The van der Waals surface area contributed by atoms with Crippen LogP contribution in [0.4, 0.5) is 0 Å². The molecule has 0 N–H and O–H groups in total. The largest absolute Gasteiger partial charge is 0.427 e. The average Bonchev–Trinajstić information content (AvgIpc) is 2.63. The summed E-state index contributed by atoms with van der Waals surface area (Å²) in [5.74, 6) is 0.639. The lowest BCUT2D eigenvalue weighted by atomic mass is 10.0. The van der Waals surface area contributed by atoms with Crippen molar-refractivity contribution in [1.29, 1.82) is 0 Å². The van der Waals surface area contributed by atoms with E-state index in [9.17, 15) is 14.4 Å². The minimum Gasteiger partial charge on any atom is -0.427 e. The summed E-state index contributed by atoms with van der Waals surface area (Å²) in [4.78, 5) is 35.3. The fourth-order valence-corrected chi connectivity index (χ4v) is 2.43. The van der Waals surface area contributed by atoms with Crippen molar-refractivity contribution < 1.29 is 23.9 Å². The Morgan fingerprint density at radius 2 is 1.00 bits per heavy atom. The van der Waals surface area contributed by atoms with Crippen LogP contribution in [0.5, 0.6) is 11.5 Å². The van der Waals surface area contributed by atoms with E-state index in [1.165, 1.54) is 0 Å². The monoisotopic (exact) mass is 390 g/mol. The molecule has 0 amide bonds. The molecule has 0 aliphatic rings. The number of esters is 2. The molecule has 0 aliphatic carbocycles. The Labute approximate surface area is 162 Å². The first-order valence-electron chi connectivity index (χ1n) is 7.91. The van der Waals surface area contributed by atoms with Gasteiger partial charge in [-0.2, -0.15) is 25.3 Å². The maximum atomic E-state index is 12.5. The molecule has 0 spiro atoms. The van der Waals surface area contributed by atoms with E-state index in [1.54, 1.807) is 48.5 Å². The van der Waals surface area contributed by atoms with Gasteiger partial charge in [0.25, 0.3) is 0 Å². The lowest BCUT2D eigenvalue weighted by Crippen LogP contribution is -2.09. The molecule has 2 aromatic rings. The van der Waals surface area contributed by atoms with Crippen molar-refractivity contribution in [3.05, 3.63) is 59.7 Å². The van der Waals surface area contributed by atoms with E-state index in [1.807, 2.05) is 0 Å². The third-order valence-electron chi connectivity index (χ3n) is 3.33. The number of ether oxygens (including phenoxy) is 2. The quantitative estimate of drug-likeness (QED) is 0.313. The van der Waals surface area contributed by atoms with Gasteiger partial charge in [-0.05, 0) is 48.5 Å². The maximum Gasteiger partial charge on any atom is 0.312 e.